The number of hydrogen-bond acceptors (Lipinski definition) is 6. The van der Waals surface area contributed by atoms with Crippen molar-refractivity contribution < 1.29 is 24.1 Å². The van der Waals surface area contributed by atoms with Crippen LogP contribution in [-0.2, 0) is 4.74 Å². The van der Waals surface area contributed by atoms with Gasteiger partial charge in [-0.3, -0.25) is 0 Å². The Bertz CT molecular complexity index is 511. The average molecular weight is 383 g/mol. The van der Waals surface area contributed by atoms with Gasteiger partial charge in [-0.2, -0.15) is 0 Å². The number of aliphatic hydroxyl groups is 1. The number of urea groups is 1. The van der Waals surface area contributed by atoms with E-state index in [2.05, 4.69) is 29.8 Å². The van der Waals surface area contributed by atoms with E-state index in [0.29, 0.717) is 44.5 Å². The number of benzene rings is 1. The molecule has 2 amide bonds. The van der Waals surface area contributed by atoms with Gasteiger partial charge in [-0.25, -0.2) is 4.79 Å². The fourth-order valence-corrected chi connectivity index (χ4v) is 2.04. The zero-order valence-electron chi connectivity index (χ0n) is 16.5. The van der Waals surface area contributed by atoms with Gasteiger partial charge in [-0.05, 0) is 30.2 Å². The van der Waals surface area contributed by atoms with Crippen LogP contribution in [0, 0.1) is 5.92 Å². The number of carbonyl (C=O) groups is 1. The first-order chi connectivity index (χ1) is 13.0. The minimum absolute atomic E-state index is 0.180. The molecule has 4 N–H and O–H groups in total. The monoisotopic (exact) mass is 383 g/mol. The van der Waals surface area contributed by atoms with Crippen molar-refractivity contribution in [2.24, 2.45) is 5.92 Å². The Morgan fingerprint density at radius 2 is 1.70 bits per heavy atom. The lowest BCUT2D eigenvalue weighted by Crippen LogP contribution is -2.39. The fraction of sp³-hybridized carbons (Fsp3) is 0.632. The number of hydrogen-bond donors (Lipinski definition) is 4. The third-order valence-electron chi connectivity index (χ3n) is 3.41. The lowest BCUT2D eigenvalue weighted by Gasteiger charge is -2.14. The molecular weight excluding hydrogens is 350 g/mol. The van der Waals surface area contributed by atoms with Crippen LogP contribution in [-0.4, -0.2) is 70.4 Å². The van der Waals surface area contributed by atoms with Gasteiger partial charge in [0.1, 0.15) is 30.8 Å². The molecule has 0 saturated heterocycles. The van der Waals surface area contributed by atoms with Crippen LogP contribution in [0.15, 0.2) is 24.3 Å². The van der Waals surface area contributed by atoms with Crippen molar-refractivity contribution in [2.75, 3.05) is 53.1 Å². The summed E-state index contributed by atoms with van der Waals surface area (Å²) in [5.41, 5.74) is 0. The van der Waals surface area contributed by atoms with E-state index in [4.69, 9.17) is 14.2 Å². The van der Waals surface area contributed by atoms with Gasteiger partial charge in [-0.15, -0.1) is 0 Å². The van der Waals surface area contributed by atoms with Crippen LogP contribution in [0.3, 0.4) is 0 Å². The van der Waals surface area contributed by atoms with Crippen molar-refractivity contribution in [1.29, 1.82) is 0 Å². The molecule has 27 heavy (non-hydrogen) atoms. The maximum Gasteiger partial charge on any atom is 0.314 e. The average Bonchev–Trinajstić information content (AvgIpc) is 2.66. The Labute approximate surface area is 161 Å². The van der Waals surface area contributed by atoms with Gasteiger partial charge in [0.25, 0.3) is 0 Å². The second-order valence-electron chi connectivity index (χ2n) is 6.46. The summed E-state index contributed by atoms with van der Waals surface area (Å²) in [6.45, 7) is 7.63. The van der Waals surface area contributed by atoms with Crippen LogP contribution < -0.4 is 25.4 Å². The molecule has 1 rings (SSSR count). The molecule has 1 aromatic carbocycles. The largest absolute Gasteiger partial charge is 0.491 e. The summed E-state index contributed by atoms with van der Waals surface area (Å²) >= 11 is 0. The van der Waals surface area contributed by atoms with Crippen molar-refractivity contribution in [1.82, 2.24) is 16.0 Å². The van der Waals surface area contributed by atoms with E-state index in [1.165, 1.54) is 0 Å². The molecule has 8 nitrogen and oxygen atoms in total. The van der Waals surface area contributed by atoms with E-state index in [1.807, 2.05) is 12.1 Å². The summed E-state index contributed by atoms with van der Waals surface area (Å²) < 4.78 is 16.6. The van der Waals surface area contributed by atoms with Crippen molar-refractivity contribution in [3.05, 3.63) is 24.3 Å². The summed E-state index contributed by atoms with van der Waals surface area (Å²) in [6.07, 6.45) is -0.640. The summed E-state index contributed by atoms with van der Waals surface area (Å²) in [5.74, 6) is 1.94. The van der Waals surface area contributed by atoms with Crippen molar-refractivity contribution in [2.45, 2.75) is 20.0 Å². The Morgan fingerprint density at radius 1 is 1.04 bits per heavy atom. The first kappa shape index (κ1) is 23.0. The molecule has 0 saturated carbocycles. The van der Waals surface area contributed by atoms with E-state index in [9.17, 15) is 9.90 Å². The number of carbonyl (C=O) groups excluding carboxylic acids is 1. The topological polar surface area (TPSA) is 101 Å². The van der Waals surface area contributed by atoms with E-state index < -0.39 is 6.10 Å². The second-order valence-corrected chi connectivity index (χ2v) is 6.46. The maximum absolute atomic E-state index is 11.0. The Kier molecular flexibility index (Phi) is 12.0. The number of rotatable bonds is 14. The molecule has 0 aromatic heterocycles. The molecular formula is C19H33N3O5. The van der Waals surface area contributed by atoms with E-state index in [0.717, 1.165) is 12.4 Å². The van der Waals surface area contributed by atoms with E-state index in [-0.39, 0.29) is 12.6 Å². The first-order valence-electron chi connectivity index (χ1n) is 9.29. The van der Waals surface area contributed by atoms with Crippen LogP contribution in [0.2, 0.25) is 0 Å². The highest BCUT2D eigenvalue weighted by molar-refractivity contribution is 5.73. The minimum atomic E-state index is -0.640. The van der Waals surface area contributed by atoms with Crippen molar-refractivity contribution >= 4 is 6.03 Å². The molecule has 154 valence electrons. The van der Waals surface area contributed by atoms with Gasteiger partial charge in [-0.1, -0.05) is 13.8 Å². The Hall–Kier alpha value is -2.03. The zero-order chi connectivity index (χ0) is 19.9. The molecule has 8 heteroatoms. The van der Waals surface area contributed by atoms with Crippen LogP contribution in [0.25, 0.3) is 0 Å². The number of aliphatic hydroxyl groups excluding tert-OH is 1. The zero-order valence-corrected chi connectivity index (χ0v) is 16.5. The van der Waals surface area contributed by atoms with Crippen LogP contribution in [0.1, 0.15) is 13.8 Å². The van der Waals surface area contributed by atoms with Gasteiger partial charge in [0.15, 0.2) is 0 Å². The third kappa shape index (κ3) is 12.1. The fourth-order valence-electron chi connectivity index (χ4n) is 2.04. The first-order valence-corrected chi connectivity index (χ1v) is 9.29. The molecule has 0 aliphatic carbocycles. The SMILES string of the molecule is CNC(=O)NCCNCC(O)COc1ccc(OCCOCC(C)C)cc1. The van der Waals surface area contributed by atoms with Crippen LogP contribution in [0.4, 0.5) is 4.79 Å². The lowest BCUT2D eigenvalue weighted by atomic mass is 10.2. The molecule has 1 atom stereocenters. The van der Waals surface area contributed by atoms with Gasteiger partial charge in [0.2, 0.25) is 0 Å². The molecule has 0 aliphatic heterocycles. The minimum Gasteiger partial charge on any atom is -0.491 e. The maximum atomic E-state index is 11.0. The molecule has 0 spiro atoms. The summed E-state index contributed by atoms with van der Waals surface area (Å²) in [6, 6.07) is 7.03. The standard InChI is InChI=1S/C19H33N3O5/c1-15(2)13-25-10-11-26-17-4-6-18(7-5-17)27-14-16(23)12-21-8-9-22-19(24)20-3/h4-7,15-16,21,23H,8-14H2,1-3H3,(H2,20,22,24). The Balaban J connectivity index is 2.11. The van der Waals surface area contributed by atoms with E-state index in [1.54, 1.807) is 19.2 Å². The van der Waals surface area contributed by atoms with Gasteiger partial charge in [0.05, 0.1) is 6.61 Å². The smallest absolute Gasteiger partial charge is 0.314 e. The predicted octanol–water partition coefficient (Wildman–Crippen LogP) is 0.996. The highest BCUT2D eigenvalue weighted by Crippen LogP contribution is 2.17. The summed E-state index contributed by atoms with van der Waals surface area (Å²) in [4.78, 5) is 11.0. The lowest BCUT2D eigenvalue weighted by molar-refractivity contribution is 0.0818. The van der Waals surface area contributed by atoms with Crippen molar-refractivity contribution in [3.63, 3.8) is 0 Å². The normalized spacial score (nSPS) is 11.9. The highest BCUT2D eigenvalue weighted by atomic mass is 16.5. The summed E-state index contributed by atoms with van der Waals surface area (Å²) in [5, 5.41) is 18.1. The predicted molar refractivity (Wildman–Crippen MR) is 104 cm³/mol. The molecule has 0 fully saturated rings. The van der Waals surface area contributed by atoms with Gasteiger partial charge < -0.3 is 35.3 Å². The second kappa shape index (κ2) is 14.1. The van der Waals surface area contributed by atoms with Gasteiger partial charge in [0, 0.05) is 33.3 Å². The third-order valence-corrected chi connectivity index (χ3v) is 3.41. The highest BCUT2D eigenvalue weighted by Gasteiger charge is 2.05. The molecule has 1 aromatic rings. The number of ether oxygens (including phenoxy) is 3. The van der Waals surface area contributed by atoms with Crippen LogP contribution in [0.5, 0.6) is 11.5 Å². The molecule has 0 aliphatic rings. The van der Waals surface area contributed by atoms with Crippen molar-refractivity contribution in [3.8, 4) is 11.5 Å². The van der Waals surface area contributed by atoms with Gasteiger partial charge >= 0.3 is 6.03 Å². The number of amides is 2. The molecule has 0 bridgehead atoms. The number of nitrogens with one attached hydrogen (secondary N) is 3. The van der Waals surface area contributed by atoms with Crippen LogP contribution >= 0.6 is 0 Å². The Morgan fingerprint density at radius 3 is 2.33 bits per heavy atom. The molecule has 1 unspecified atom stereocenters. The molecule has 0 radical (unpaired) electrons. The quantitative estimate of drug-likeness (QED) is 0.358. The van der Waals surface area contributed by atoms with E-state index >= 15 is 0 Å². The molecule has 0 heterocycles. The summed E-state index contributed by atoms with van der Waals surface area (Å²) in [7, 11) is 1.56.